The van der Waals surface area contributed by atoms with Crippen LogP contribution in [0.1, 0.15) is 26.7 Å². The van der Waals surface area contributed by atoms with Gasteiger partial charge in [0.25, 0.3) is 0 Å². The first-order valence-corrected chi connectivity index (χ1v) is 4.09. The molecule has 0 N–H and O–H groups in total. The Kier molecular flexibility index (Phi) is 5.61. The average molecular weight is 159 g/mol. The lowest BCUT2D eigenvalue weighted by molar-refractivity contribution is 0.125. The highest BCUT2D eigenvalue weighted by Crippen LogP contribution is 1.96. The maximum Gasteiger partial charge on any atom is 0.409 e. The van der Waals surface area contributed by atoms with Gasteiger partial charge in [0, 0.05) is 13.1 Å². The quantitative estimate of drug-likeness (QED) is 0.626. The number of carbonyl (C=O) groups is 1. The molecule has 0 aliphatic heterocycles. The van der Waals surface area contributed by atoms with Crippen LogP contribution in [0.25, 0.3) is 0 Å². The fraction of sp³-hybridized carbons (Fsp3) is 0.875. The molecule has 0 aromatic carbocycles. The molecule has 0 aromatic heterocycles. The molecule has 3 nitrogen and oxygen atoms in total. The number of amides is 1. The van der Waals surface area contributed by atoms with Crippen LogP contribution in [-0.4, -0.2) is 31.2 Å². The fourth-order valence-corrected chi connectivity index (χ4v) is 0.857. The summed E-state index contributed by atoms with van der Waals surface area (Å²) in [4.78, 5) is 12.7. The van der Waals surface area contributed by atoms with E-state index in [2.05, 4.69) is 11.7 Å². The maximum absolute atomic E-state index is 11.0. The molecule has 0 radical (unpaired) electrons. The lowest BCUT2D eigenvalue weighted by atomic mass is 10.3. The van der Waals surface area contributed by atoms with Crippen molar-refractivity contribution in [3.05, 3.63) is 0 Å². The van der Waals surface area contributed by atoms with Crippen molar-refractivity contribution in [3.63, 3.8) is 0 Å². The molecule has 0 saturated heterocycles. The molecular formula is C8H17NO2. The molecule has 0 unspecified atom stereocenters. The summed E-state index contributed by atoms with van der Waals surface area (Å²) in [7, 11) is 1.41. The second-order valence-corrected chi connectivity index (χ2v) is 2.40. The van der Waals surface area contributed by atoms with Gasteiger partial charge in [-0.2, -0.15) is 0 Å². The van der Waals surface area contributed by atoms with Crippen LogP contribution in [0.4, 0.5) is 4.79 Å². The summed E-state index contributed by atoms with van der Waals surface area (Å²) in [5.41, 5.74) is 0. The molecule has 0 aliphatic rings. The van der Waals surface area contributed by atoms with Crippen LogP contribution < -0.4 is 0 Å². The molecule has 0 heterocycles. The fourth-order valence-electron chi connectivity index (χ4n) is 0.857. The van der Waals surface area contributed by atoms with Gasteiger partial charge < -0.3 is 9.64 Å². The molecule has 3 heteroatoms. The Morgan fingerprint density at radius 1 is 1.45 bits per heavy atom. The van der Waals surface area contributed by atoms with E-state index in [1.807, 2.05) is 6.92 Å². The average Bonchev–Trinajstić information content (AvgIpc) is 2.05. The smallest absolute Gasteiger partial charge is 0.409 e. The van der Waals surface area contributed by atoms with Crippen LogP contribution in [0.5, 0.6) is 0 Å². The lowest BCUT2D eigenvalue weighted by Gasteiger charge is -2.18. The molecule has 0 aromatic rings. The van der Waals surface area contributed by atoms with Gasteiger partial charge in [0.2, 0.25) is 0 Å². The molecule has 0 bridgehead atoms. The van der Waals surface area contributed by atoms with Gasteiger partial charge in [0.15, 0.2) is 0 Å². The molecule has 1 amide bonds. The Hall–Kier alpha value is -0.730. The number of ether oxygens (including phenoxy) is 1. The number of rotatable bonds is 4. The van der Waals surface area contributed by atoms with Crippen LogP contribution in [0.15, 0.2) is 0 Å². The van der Waals surface area contributed by atoms with Crippen LogP contribution in [0.2, 0.25) is 0 Å². The molecule has 0 atom stereocenters. The van der Waals surface area contributed by atoms with Gasteiger partial charge in [-0.1, -0.05) is 13.3 Å². The van der Waals surface area contributed by atoms with E-state index in [0.717, 1.165) is 25.9 Å². The van der Waals surface area contributed by atoms with Gasteiger partial charge in [-0.3, -0.25) is 0 Å². The van der Waals surface area contributed by atoms with Crippen molar-refractivity contribution >= 4 is 6.09 Å². The Balaban J connectivity index is 3.65. The van der Waals surface area contributed by atoms with Gasteiger partial charge in [0.05, 0.1) is 7.11 Å². The summed E-state index contributed by atoms with van der Waals surface area (Å²) in [6, 6.07) is 0. The van der Waals surface area contributed by atoms with Gasteiger partial charge in [-0.05, 0) is 13.3 Å². The standard InChI is InChI=1S/C8H17NO2/c1-4-6-7-9(5-2)8(10)11-3/h4-7H2,1-3H3. The SMILES string of the molecule is CCCCN(CC)C(=O)OC. The van der Waals surface area contributed by atoms with E-state index in [0.29, 0.717) is 0 Å². The van der Waals surface area contributed by atoms with Crippen LogP contribution >= 0.6 is 0 Å². The van der Waals surface area contributed by atoms with E-state index in [4.69, 9.17) is 0 Å². The van der Waals surface area contributed by atoms with Crippen molar-refractivity contribution in [2.75, 3.05) is 20.2 Å². The molecule has 0 saturated carbocycles. The summed E-state index contributed by atoms with van der Waals surface area (Å²) in [6.45, 7) is 5.59. The number of hydrogen-bond acceptors (Lipinski definition) is 2. The number of methoxy groups -OCH3 is 1. The minimum Gasteiger partial charge on any atom is -0.453 e. The van der Waals surface area contributed by atoms with Gasteiger partial charge in [-0.25, -0.2) is 4.79 Å². The number of carbonyl (C=O) groups excluding carboxylic acids is 1. The Labute approximate surface area is 68.3 Å². The van der Waals surface area contributed by atoms with Crippen molar-refractivity contribution in [2.24, 2.45) is 0 Å². The third kappa shape index (κ3) is 3.86. The number of hydrogen-bond donors (Lipinski definition) is 0. The first kappa shape index (κ1) is 10.3. The normalized spacial score (nSPS) is 9.36. The minimum atomic E-state index is -0.221. The summed E-state index contributed by atoms with van der Waals surface area (Å²) >= 11 is 0. The molecule has 0 spiro atoms. The topological polar surface area (TPSA) is 29.5 Å². The van der Waals surface area contributed by atoms with E-state index in [9.17, 15) is 4.79 Å². The van der Waals surface area contributed by atoms with E-state index < -0.39 is 0 Å². The van der Waals surface area contributed by atoms with Crippen molar-refractivity contribution in [1.29, 1.82) is 0 Å². The molecule has 0 rings (SSSR count). The Bertz CT molecular complexity index is 115. The third-order valence-electron chi connectivity index (χ3n) is 1.60. The van der Waals surface area contributed by atoms with E-state index in [1.54, 1.807) is 4.90 Å². The highest BCUT2D eigenvalue weighted by Gasteiger charge is 2.08. The maximum atomic E-state index is 11.0. The molecule has 11 heavy (non-hydrogen) atoms. The highest BCUT2D eigenvalue weighted by molar-refractivity contribution is 5.67. The minimum absolute atomic E-state index is 0.221. The highest BCUT2D eigenvalue weighted by atomic mass is 16.5. The van der Waals surface area contributed by atoms with Crippen molar-refractivity contribution in [2.45, 2.75) is 26.7 Å². The number of nitrogens with zero attached hydrogens (tertiary/aromatic N) is 1. The van der Waals surface area contributed by atoms with Crippen LogP contribution in [0, 0.1) is 0 Å². The van der Waals surface area contributed by atoms with Gasteiger partial charge in [0.1, 0.15) is 0 Å². The van der Waals surface area contributed by atoms with Crippen molar-refractivity contribution in [1.82, 2.24) is 4.90 Å². The van der Waals surface area contributed by atoms with E-state index in [1.165, 1.54) is 7.11 Å². The molecule has 66 valence electrons. The van der Waals surface area contributed by atoms with Gasteiger partial charge >= 0.3 is 6.09 Å². The second kappa shape index (κ2) is 6.01. The summed E-state index contributed by atoms with van der Waals surface area (Å²) in [5, 5.41) is 0. The monoisotopic (exact) mass is 159 g/mol. The zero-order chi connectivity index (χ0) is 8.69. The van der Waals surface area contributed by atoms with Crippen LogP contribution in [0.3, 0.4) is 0 Å². The summed E-state index contributed by atoms with van der Waals surface area (Å²) < 4.78 is 4.59. The van der Waals surface area contributed by atoms with Crippen LogP contribution in [-0.2, 0) is 4.74 Å². The van der Waals surface area contributed by atoms with Crippen molar-refractivity contribution in [3.8, 4) is 0 Å². The zero-order valence-corrected chi connectivity index (χ0v) is 7.59. The lowest BCUT2D eigenvalue weighted by Crippen LogP contribution is -2.31. The zero-order valence-electron chi connectivity index (χ0n) is 7.59. The number of unbranched alkanes of at least 4 members (excludes halogenated alkanes) is 1. The first-order chi connectivity index (χ1) is 5.26. The van der Waals surface area contributed by atoms with E-state index >= 15 is 0 Å². The largest absolute Gasteiger partial charge is 0.453 e. The van der Waals surface area contributed by atoms with Gasteiger partial charge in [-0.15, -0.1) is 0 Å². The predicted octanol–water partition coefficient (Wildman–Crippen LogP) is 1.87. The Morgan fingerprint density at radius 2 is 2.09 bits per heavy atom. The molecule has 0 aliphatic carbocycles. The Morgan fingerprint density at radius 3 is 2.45 bits per heavy atom. The van der Waals surface area contributed by atoms with E-state index in [-0.39, 0.29) is 6.09 Å². The summed E-state index contributed by atoms with van der Waals surface area (Å²) in [6.07, 6.45) is 1.93. The third-order valence-corrected chi connectivity index (χ3v) is 1.60. The second-order valence-electron chi connectivity index (χ2n) is 2.40. The molecular weight excluding hydrogens is 142 g/mol. The summed E-state index contributed by atoms with van der Waals surface area (Å²) in [5.74, 6) is 0. The molecule has 0 fully saturated rings. The predicted molar refractivity (Wildman–Crippen MR) is 44.6 cm³/mol. The van der Waals surface area contributed by atoms with Crippen molar-refractivity contribution < 1.29 is 9.53 Å². The first-order valence-electron chi connectivity index (χ1n) is 4.09.